The number of ether oxygens (including phenoxy) is 1. The summed E-state index contributed by atoms with van der Waals surface area (Å²) in [5.41, 5.74) is 0.243. The van der Waals surface area contributed by atoms with Crippen LogP contribution in [-0.4, -0.2) is 27.4 Å². The second-order valence-corrected chi connectivity index (χ2v) is 5.93. The Morgan fingerprint density at radius 1 is 1.35 bits per heavy atom. The molecule has 0 spiro atoms. The number of Topliss-reactive ketones (excluding diaryl/α,β-unsaturated/α-hetero) is 1. The van der Waals surface area contributed by atoms with Crippen molar-refractivity contribution in [1.82, 2.24) is 9.97 Å². The Balaban J connectivity index is 1.95. The molecule has 20 heavy (non-hydrogen) atoms. The Morgan fingerprint density at radius 3 is 2.60 bits per heavy atom. The summed E-state index contributed by atoms with van der Waals surface area (Å²) in [4.78, 5) is 31.2. The monoisotopic (exact) mass is 277 g/mol. The fraction of sp³-hybridized carbons (Fsp3) is 0.571. The van der Waals surface area contributed by atoms with E-state index in [2.05, 4.69) is 15.3 Å². The van der Waals surface area contributed by atoms with Crippen LogP contribution in [0.1, 0.15) is 51.6 Å². The fourth-order valence-corrected chi connectivity index (χ4v) is 2.09. The molecule has 1 N–H and O–H groups in total. The largest absolute Gasteiger partial charge is 0.444 e. The number of rotatable bonds is 2. The summed E-state index contributed by atoms with van der Waals surface area (Å²) >= 11 is 0. The van der Waals surface area contributed by atoms with Crippen LogP contribution in [0.25, 0.3) is 0 Å². The van der Waals surface area contributed by atoms with Gasteiger partial charge < -0.3 is 4.74 Å². The molecule has 1 heterocycles. The average Bonchev–Trinajstić information content (AvgIpc) is 2.74. The molecular formula is C14H19N3O3. The maximum Gasteiger partial charge on any atom is 0.413 e. The highest BCUT2D eigenvalue weighted by Crippen LogP contribution is 2.30. The first-order chi connectivity index (χ1) is 9.33. The van der Waals surface area contributed by atoms with E-state index >= 15 is 0 Å². The van der Waals surface area contributed by atoms with Crippen LogP contribution < -0.4 is 5.32 Å². The highest BCUT2D eigenvalue weighted by Gasteiger charge is 2.25. The van der Waals surface area contributed by atoms with Crippen molar-refractivity contribution in [3.05, 3.63) is 18.1 Å². The SMILES string of the molecule is CC(C)(C)OC(=O)Nc1cnc(C2CCC(=O)C2)cn1. The summed E-state index contributed by atoms with van der Waals surface area (Å²) in [6, 6.07) is 0. The van der Waals surface area contributed by atoms with Gasteiger partial charge in [0.05, 0.1) is 18.1 Å². The van der Waals surface area contributed by atoms with Crippen molar-refractivity contribution < 1.29 is 14.3 Å². The molecule has 6 nitrogen and oxygen atoms in total. The first-order valence-electron chi connectivity index (χ1n) is 6.67. The molecule has 1 aromatic heterocycles. The van der Waals surface area contributed by atoms with Crippen molar-refractivity contribution in [2.24, 2.45) is 0 Å². The van der Waals surface area contributed by atoms with E-state index in [-0.39, 0.29) is 11.7 Å². The normalized spacial score (nSPS) is 18.9. The number of aromatic nitrogens is 2. The molecule has 0 aromatic carbocycles. The second kappa shape index (κ2) is 5.56. The Labute approximate surface area is 118 Å². The summed E-state index contributed by atoms with van der Waals surface area (Å²) < 4.78 is 5.12. The van der Waals surface area contributed by atoms with Gasteiger partial charge >= 0.3 is 6.09 Å². The minimum Gasteiger partial charge on any atom is -0.444 e. The van der Waals surface area contributed by atoms with Crippen LogP contribution in [0.5, 0.6) is 0 Å². The number of amides is 1. The second-order valence-electron chi connectivity index (χ2n) is 5.93. The van der Waals surface area contributed by atoms with Gasteiger partial charge in [-0.05, 0) is 27.2 Å². The molecule has 1 atom stereocenters. The van der Waals surface area contributed by atoms with Gasteiger partial charge in [-0.3, -0.25) is 15.1 Å². The highest BCUT2D eigenvalue weighted by atomic mass is 16.6. The van der Waals surface area contributed by atoms with E-state index in [9.17, 15) is 9.59 Å². The van der Waals surface area contributed by atoms with E-state index in [0.29, 0.717) is 18.7 Å². The lowest BCUT2D eigenvalue weighted by Gasteiger charge is -2.19. The summed E-state index contributed by atoms with van der Waals surface area (Å²) in [5, 5.41) is 2.52. The van der Waals surface area contributed by atoms with Crippen molar-refractivity contribution >= 4 is 17.7 Å². The lowest BCUT2D eigenvalue weighted by molar-refractivity contribution is -0.117. The summed E-state index contributed by atoms with van der Waals surface area (Å²) in [5.74, 6) is 0.769. The molecule has 0 radical (unpaired) electrons. The molecule has 1 aliphatic carbocycles. The molecule has 1 fully saturated rings. The molecule has 1 saturated carbocycles. The van der Waals surface area contributed by atoms with Gasteiger partial charge in [0, 0.05) is 18.8 Å². The maximum atomic E-state index is 11.6. The molecule has 0 bridgehead atoms. The van der Waals surface area contributed by atoms with E-state index in [1.165, 1.54) is 6.20 Å². The third-order valence-electron chi connectivity index (χ3n) is 2.96. The van der Waals surface area contributed by atoms with E-state index < -0.39 is 11.7 Å². The number of hydrogen-bond donors (Lipinski definition) is 1. The standard InChI is InChI=1S/C14H19N3O3/c1-14(2,3)20-13(19)17-12-8-15-11(7-16-12)9-4-5-10(18)6-9/h7-9H,4-6H2,1-3H3,(H,16,17,19). The Hall–Kier alpha value is -1.98. The Bertz CT molecular complexity index is 505. The van der Waals surface area contributed by atoms with Crippen LogP contribution in [-0.2, 0) is 9.53 Å². The molecule has 1 unspecified atom stereocenters. The topological polar surface area (TPSA) is 81.2 Å². The van der Waals surface area contributed by atoms with Gasteiger partial charge in [-0.15, -0.1) is 0 Å². The van der Waals surface area contributed by atoms with Crippen LogP contribution in [0.2, 0.25) is 0 Å². The summed E-state index contributed by atoms with van der Waals surface area (Å²) in [6.07, 6.45) is 4.51. The number of nitrogens with zero attached hydrogens (tertiary/aromatic N) is 2. The zero-order valence-electron chi connectivity index (χ0n) is 12.0. The van der Waals surface area contributed by atoms with Crippen LogP contribution in [0.4, 0.5) is 10.6 Å². The lowest BCUT2D eigenvalue weighted by Crippen LogP contribution is -2.27. The van der Waals surface area contributed by atoms with E-state index in [1.807, 2.05) is 0 Å². The van der Waals surface area contributed by atoms with Gasteiger partial charge in [-0.25, -0.2) is 9.78 Å². The van der Waals surface area contributed by atoms with Crippen molar-refractivity contribution in [3.8, 4) is 0 Å². The summed E-state index contributed by atoms with van der Waals surface area (Å²) in [6.45, 7) is 5.37. The predicted octanol–water partition coefficient (Wildman–Crippen LogP) is 2.66. The van der Waals surface area contributed by atoms with Gasteiger partial charge in [0.2, 0.25) is 0 Å². The summed E-state index contributed by atoms with van der Waals surface area (Å²) in [7, 11) is 0. The number of hydrogen-bond acceptors (Lipinski definition) is 5. The van der Waals surface area contributed by atoms with Crippen LogP contribution in [0, 0.1) is 0 Å². The average molecular weight is 277 g/mol. The van der Waals surface area contributed by atoms with Crippen LogP contribution in [0.15, 0.2) is 12.4 Å². The molecule has 1 aliphatic rings. The van der Waals surface area contributed by atoms with Gasteiger partial charge in [0.15, 0.2) is 5.82 Å². The van der Waals surface area contributed by atoms with Gasteiger partial charge in [0.1, 0.15) is 11.4 Å². The van der Waals surface area contributed by atoms with E-state index in [0.717, 1.165) is 12.1 Å². The molecule has 2 rings (SSSR count). The van der Waals surface area contributed by atoms with Crippen LogP contribution >= 0.6 is 0 Å². The van der Waals surface area contributed by atoms with Crippen molar-refractivity contribution in [2.75, 3.05) is 5.32 Å². The lowest BCUT2D eigenvalue weighted by atomic mass is 10.1. The fourth-order valence-electron chi connectivity index (χ4n) is 2.09. The van der Waals surface area contributed by atoms with Crippen molar-refractivity contribution in [2.45, 2.75) is 51.6 Å². The molecule has 1 amide bonds. The van der Waals surface area contributed by atoms with Gasteiger partial charge in [-0.2, -0.15) is 0 Å². The number of carbonyl (C=O) groups excluding carboxylic acids is 2. The molecule has 108 valence electrons. The quantitative estimate of drug-likeness (QED) is 0.898. The Morgan fingerprint density at radius 2 is 2.10 bits per heavy atom. The third-order valence-corrected chi connectivity index (χ3v) is 2.96. The number of ketones is 1. The van der Waals surface area contributed by atoms with E-state index in [1.54, 1.807) is 27.0 Å². The number of anilines is 1. The highest BCUT2D eigenvalue weighted by molar-refractivity contribution is 5.83. The maximum absolute atomic E-state index is 11.6. The number of nitrogens with one attached hydrogen (secondary N) is 1. The predicted molar refractivity (Wildman–Crippen MR) is 73.5 cm³/mol. The molecule has 0 aliphatic heterocycles. The van der Waals surface area contributed by atoms with Crippen molar-refractivity contribution in [1.29, 1.82) is 0 Å². The Kier molecular flexibility index (Phi) is 4.01. The third kappa shape index (κ3) is 4.01. The zero-order chi connectivity index (χ0) is 14.8. The minimum atomic E-state index is -0.560. The van der Waals surface area contributed by atoms with Gasteiger partial charge in [0.25, 0.3) is 0 Å². The molecule has 0 saturated heterocycles. The molecule has 6 heteroatoms. The van der Waals surface area contributed by atoms with E-state index in [4.69, 9.17) is 4.74 Å². The first-order valence-corrected chi connectivity index (χ1v) is 6.67. The molecular weight excluding hydrogens is 258 g/mol. The van der Waals surface area contributed by atoms with Crippen molar-refractivity contribution in [3.63, 3.8) is 0 Å². The number of carbonyl (C=O) groups is 2. The van der Waals surface area contributed by atoms with Crippen LogP contribution in [0.3, 0.4) is 0 Å². The molecule has 1 aromatic rings. The first kappa shape index (κ1) is 14.4. The smallest absolute Gasteiger partial charge is 0.413 e. The minimum absolute atomic E-state index is 0.158. The zero-order valence-corrected chi connectivity index (χ0v) is 12.0. The van der Waals surface area contributed by atoms with Gasteiger partial charge in [-0.1, -0.05) is 0 Å².